The molecular weight excluding hydrogens is 410 g/mol. The number of nitrogens with zero attached hydrogens (tertiary/aromatic N) is 4. The standard InChI is InChI=1S/C23H21N5O4/c1-3-32-22(30)17-9-11-18(12-10-17)25-21(29)14-27-23(31)28-15(2)24-19(13-20(28)26-27)16-7-5-4-6-8-16/h4-13H,3,14H2,1-2H3,(H,25,29). The zero-order valence-electron chi connectivity index (χ0n) is 17.6. The number of hydrogen-bond donors (Lipinski definition) is 1. The Hall–Kier alpha value is -4.27. The maximum absolute atomic E-state index is 12.8. The van der Waals surface area contributed by atoms with Crippen molar-refractivity contribution in [1.82, 2.24) is 19.2 Å². The Kier molecular flexibility index (Phi) is 5.80. The quantitative estimate of drug-likeness (QED) is 0.471. The third-order valence-electron chi connectivity index (χ3n) is 4.78. The summed E-state index contributed by atoms with van der Waals surface area (Å²) in [7, 11) is 0. The molecule has 162 valence electrons. The number of hydrogen-bond acceptors (Lipinski definition) is 6. The van der Waals surface area contributed by atoms with E-state index in [2.05, 4.69) is 15.4 Å². The average molecular weight is 431 g/mol. The van der Waals surface area contributed by atoms with Crippen molar-refractivity contribution in [1.29, 1.82) is 0 Å². The zero-order valence-corrected chi connectivity index (χ0v) is 17.6. The zero-order chi connectivity index (χ0) is 22.7. The van der Waals surface area contributed by atoms with Gasteiger partial charge in [0.15, 0.2) is 5.65 Å². The number of ether oxygens (including phenoxy) is 1. The number of amides is 1. The minimum atomic E-state index is -0.447. The minimum absolute atomic E-state index is 0.264. The van der Waals surface area contributed by atoms with Crippen LogP contribution in [0, 0.1) is 6.92 Å². The van der Waals surface area contributed by atoms with Gasteiger partial charge >= 0.3 is 11.7 Å². The molecule has 4 rings (SSSR count). The van der Waals surface area contributed by atoms with Gasteiger partial charge in [0, 0.05) is 17.3 Å². The van der Waals surface area contributed by atoms with Crippen LogP contribution in [0.15, 0.2) is 65.5 Å². The first-order valence-corrected chi connectivity index (χ1v) is 10.1. The molecule has 9 nitrogen and oxygen atoms in total. The monoisotopic (exact) mass is 431 g/mol. The van der Waals surface area contributed by atoms with Crippen molar-refractivity contribution >= 4 is 23.2 Å². The van der Waals surface area contributed by atoms with Gasteiger partial charge in [0.25, 0.3) is 0 Å². The van der Waals surface area contributed by atoms with Gasteiger partial charge in [-0.2, -0.15) is 0 Å². The van der Waals surface area contributed by atoms with E-state index in [0.717, 1.165) is 10.2 Å². The first kappa shape index (κ1) is 21.0. The Morgan fingerprint density at radius 2 is 1.78 bits per heavy atom. The van der Waals surface area contributed by atoms with Crippen molar-refractivity contribution in [3.63, 3.8) is 0 Å². The van der Waals surface area contributed by atoms with Gasteiger partial charge in [-0.05, 0) is 38.1 Å². The fraction of sp³-hybridized carbons (Fsp3) is 0.174. The Labute approximate surface area is 183 Å². The van der Waals surface area contributed by atoms with Gasteiger partial charge in [-0.3, -0.25) is 4.79 Å². The van der Waals surface area contributed by atoms with Crippen molar-refractivity contribution in [2.24, 2.45) is 0 Å². The summed E-state index contributed by atoms with van der Waals surface area (Å²) in [6.45, 7) is 3.47. The predicted octanol–water partition coefficient (Wildman–Crippen LogP) is 2.68. The summed E-state index contributed by atoms with van der Waals surface area (Å²) < 4.78 is 7.40. The number of fused-ring (bicyclic) bond motifs is 1. The summed E-state index contributed by atoms with van der Waals surface area (Å²) in [6, 6.07) is 17.6. The second-order valence-corrected chi connectivity index (χ2v) is 7.03. The van der Waals surface area contributed by atoms with Crippen LogP contribution in [0.2, 0.25) is 0 Å². The highest BCUT2D eigenvalue weighted by Crippen LogP contribution is 2.18. The van der Waals surface area contributed by atoms with Crippen LogP contribution >= 0.6 is 0 Å². The second kappa shape index (κ2) is 8.84. The van der Waals surface area contributed by atoms with Crippen LogP contribution in [0.25, 0.3) is 16.9 Å². The van der Waals surface area contributed by atoms with Gasteiger partial charge in [0.05, 0.1) is 17.9 Å². The van der Waals surface area contributed by atoms with E-state index in [1.54, 1.807) is 44.2 Å². The molecule has 0 fully saturated rings. The van der Waals surface area contributed by atoms with Crippen LogP contribution in [-0.2, 0) is 16.1 Å². The van der Waals surface area contributed by atoms with Gasteiger partial charge in [-0.1, -0.05) is 30.3 Å². The van der Waals surface area contributed by atoms with Gasteiger partial charge in [0.1, 0.15) is 12.4 Å². The van der Waals surface area contributed by atoms with Gasteiger partial charge in [-0.15, -0.1) is 5.10 Å². The molecule has 0 radical (unpaired) electrons. The molecule has 0 atom stereocenters. The number of aryl methyl sites for hydroxylation is 1. The summed E-state index contributed by atoms with van der Waals surface area (Å²) >= 11 is 0. The van der Waals surface area contributed by atoms with Gasteiger partial charge in [-0.25, -0.2) is 23.7 Å². The molecule has 0 aliphatic rings. The molecule has 0 aliphatic carbocycles. The van der Waals surface area contributed by atoms with Crippen LogP contribution in [0.1, 0.15) is 23.1 Å². The number of nitrogens with one attached hydrogen (secondary N) is 1. The molecule has 0 aliphatic heterocycles. The van der Waals surface area contributed by atoms with Crippen molar-refractivity contribution in [3.8, 4) is 11.3 Å². The maximum Gasteiger partial charge on any atom is 0.352 e. The lowest BCUT2D eigenvalue weighted by molar-refractivity contribution is -0.117. The minimum Gasteiger partial charge on any atom is -0.462 e. The third-order valence-corrected chi connectivity index (χ3v) is 4.78. The molecule has 2 aromatic carbocycles. The second-order valence-electron chi connectivity index (χ2n) is 7.03. The Bertz CT molecular complexity index is 1340. The third kappa shape index (κ3) is 4.27. The normalized spacial score (nSPS) is 10.8. The van der Waals surface area contributed by atoms with Gasteiger partial charge < -0.3 is 10.1 Å². The number of aromatic nitrogens is 4. The number of esters is 1. The molecule has 4 aromatic rings. The van der Waals surface area contributed by atoms with E-state index >= 15 is 0 Å². The van der Waals surface area contributed by atoms with Crippen molar-refractivity contribution in [3.05, 3.63) is 82.5 Å². The SMILES string of the molecule is CCOC(=O)c1ccc(NC(=O)Cn2nc3cc(-c4ccccc4)nc(C)n3c2=O)cc1. The molecule has 1 N–H and O–H groups in total. The van der Waals surface area contributed by atoms with Crippen molar-refractivity contribution in [2.45, 2.75) is 20.4 Å². The first-order valence-electron chi connectivity index (χ1n) is 10.1. The highest BCUT2D eigenvalue weighted by molar-refractivity contribution is 5.93. The van der Waals surface area contributed by atoms with Crippen LogP contribution in [0.3, 0.4) is 0 Å². The largest absolute Gasteiger partial charge is 0.462 e. The van der Waals surface area contributed by atoms with E-state index in [4.69, 9.17) is 4.74 Å². The fourth-order valence-corrected chi connectivity index (χ4v) is 3.30. The molecule has 0 saturated heterocycles. The fourth-order valence-electron chi connectivity index (χ4n) is 3.30. The molecule has 1 amide bonds. The first-order chi connectivity index (χ1) is 15.5. The van der Waals surface area contributed by atoms with E-state index in [-0.39, 0.29) is 13.2 Å². The highest BCUT2D eigenvalue weighted by atomic mass is 16.5. The van der Waals surface area contributed by atoms with Crippen LogP contribution in [-0.4, -0.2) is 37.6 Å². The molecule has 2 heterocycles. The molecule has 0 unspecified atom stereocenters. The number of carbonyl (C=O) groups is 2. The topological polar surface area (TPSA) is 108 Å². The Morgan fingerprint density at radius 1 is 1.06 bits per heavy atom. The lowest BCUT2D eigenvalue weighted by atomic mass is 10.1. The molecule has 0 spiro atoms. The van der Waals surface area contributed by atoms with Crippen LogP contribution < -0.4 is 11.0 Å². The summed E-state index contributed by atoms with van der Waals surface area (Å²) in [5.41, 5.74) is 2.44. The summed E-state index contributed by atoms with van der Waals surface area (Å²) in [4.78, 5) is 41.5. The molecule has 0 bridgehead atoms. The molecule has 32 heavy (non-hydrogen) atoms. The number of anilines is 1. The van der Waals surface area contributed by atoms with Crippen LogP contribution in [0.5, 0.6) is 0 Å². The number of rotatable bonds is 6. The van der Waals surface area contributed by atoms with Crippen molar-refractivity contribution < 1.29 is 14.3 Å². The van der Waals surface area contributed by atoms with E-state index in [1.807, 2.05) is 30.3 Å². The van der Waals surface area contributed by atoms with Crippen LogP contribution in [0.4, 0.5) is 5.69 Å². The summed E-state index contributed by atoms with van der Waals surface area (Å²) in [5.74, 6) is -0.374. The summed E-state index contributed by atoms with van der Waals surface area (Å²) in [5, 5.41) is 7.00. The molecule has 2 aromatic heterocycles. The molecule has 0 saturated carbocycles. The maximum atomic E-state index is 12.8. The number of benzene rings is 2. The molecule has 9 heteroatoms. The Morgan fingerprint density at radius 3 is 2.47 bits per heavy atom. The molecular formula is C23H21N5O4. The van der Waals surface area contributed by atoms with E-state index in [9.17, 15) is 14.4 Å². The van der Waals surface area contributed by atoms with Gasteiger partial charge in [0.2, 0.25) is 5.91 Å². The summed E-state index contributed by atoms with van der Waals surface area (Å²) in [6.07, 6.45) is 0. The van der Waals surface area contributed by atoms with E-state index < -0.39 is 17.6 Å². The van der Waals surface area contributed by atoms with E-state index in [1.165, 1.54) is 4.40 Å². The van der Waals surface area contributed by atoms with E-state index in [0.29, 0.717) is 28.4 Å². The Balaban J connectivity index is 1.53. The lowest BCUT2D eigenvalue weighted by Crippen LogP contribution is -2.28. The highest BCUT2D eigenvalue weighted by Gasteiger charge is 2.15. The average Bonchev–Trinajstić information content (AvgIpc) is 3.10. The lowest BCUT2D eigenvalue weighted by Gasteiger charge is -2.06. The smallest absolute Gasteiger partial charge is 0.352 e. The predicted molar refractivity (Wildman–Crippen MR) is 118 cm³/mol. The number of carbonyl (C=O) groups excluding carboxylic acids is 2. The van der Waals surface area contributed by atoms with Crippen molar-refractivity contribution in [2.75, 3.05) is 11.9 Å².